The van der Waals surface area contributed by atoms with Gasteiger partial charge in [0.25, 0.3) is 5.91 Å². The lowest BCUT2D eigenvalue weighted by atomic mass is 9.95. The van der Waals surface area contributed by atoms with Crippen LogP contribution < -0.4 is 10.6 Å². The number of nitrogens with one attached hydrogen (secondary N) is 2. The summed E-state index contributed by atoms with van der Waals surface area (Å²) in [6.07, 6.45) is -3.58. The Labute approximate surface area is 275 Å². The number of nitrogens with zero attached hydrogens (tertiary/aromatic N) is 4. The Hall–Kier alpha value is -5.22. The molecular formula is C35H34F4N6O3. The number of benzene rings is 3. The van der Waals surface area contributed by atoms with Crippen LogP contribution in [0.4, 0.5) is 28.0 Å². The molecule has 1 aliphatic rings. The molecule has 5 rings (SSSR count). The minimum Gasteiger partial charge on any atom is -0.444 e. The number of amides is 2. The van der Waals surface area contributed by atoms with Crippen molar-refractivity contribution in [2.24, 2.45) is 0 Å². The topological polar surface area (TPSA) is 112 Å². The number of hydrogen-bond donors (Lipinski definition) is 2. The fourth-order valence-electron chi connectivity index (χ4n) is 5.26. The first-order valence-electron chi connectivity index (χ1n) is 15.2. The number of ether oxygens (including phenoxy) is 1. The van der Waals surface area contributed by atoms with Gasteiger partial charge < -0.3 is 15.4 Å². The van der Waals surface area contributed by atoms with E-state index in [1.54, 1.807) is 51.1 Å². The number of nitriles is 1. The lowest BCUT2D eigenvalue weighted by Gasteiger charge is -2.29. The molecule has 0 aliphatic heterocycles. The predicted octanol–water partition coefficient (Wildman–Crippen LogP) is 7.36. The minimum absolute atomic E-state index is 0.00854. The van der Waals surface area contributed by atoms with Gasteiger partial charge in [-0.3, -0.25) is 9.69 Å². The zero-order chi connectivity index (χ0) is 34.8. The maximum absolute atomic E-state index is 15.2. The Bertz CT molecular complexity index is 1850. The number of halogens is 4. The van der Waals surface area contributed by atoms with E-state index in [1.165, 1.54) is 24.3 Å². The van der Waals surface area contributed by atoms with Gasteiger partial charge in [0.05, 0.1) is 29.0 Å². The second-order valence-electron chi connectivity index (χ2n) is 12.6. The highest BCUT2D eigenvalue weighted by molar-refractivity contribution is 6.03. The van der Waals surface area contributed by atoms with E-state index in [0.29, 0.717) is 28.8 Å². The summed E-state index contributed by atoms with van der Waals surface area (Å²) in [6.45, 7) is 5.11. The third-order valence-corrected chi connectivity index (χ3v) is 7.66. The molecule has 1 fully saturated rings. The van der Waals surface area contributed by atoms with Crippen LogP contribution in [0, 0.1) is 17.1 Å². The van der Waals surface area contributed by atoms with E-state index in [1.807, 2.05) is 19.2 Å². The fourth-order valence-corrected chi connectivity index (χ4v) is 5.26. The highest BCUT2D eigenvalue weighted by atomic mass is 19.4. The summed E-state index contributed by atoms with van der Waals surface area (Å²) in [5, 5.41) is 17.9. The van der Waals surface area contributed by atoms with E-state index >= 15 is 4.39 Å². The van der Waals surface area contributed by atoms with E-state index in [9.17, 15) is 28.0 Å². The Kier molecular flexibility index (Phi) is 9.59. The molecule has 0 saturated heterocycles. The van der Waals surface area contributed by atoms with Gasteiger partial charge in [0.1, 0.15) is 17.1 Å². The van der Waals surface area contributed by atoms with Crippen molar-refractivity contribution < 1.29 is 31.9 Å². The first kappa shape index (κ1) is 34.1. The monoisotopic (exact) mass is 662 g/mol. The lowest BCUT2D eigenvalue weighted by Crippen LogP contribution is -2.32. The molecule has 1 unspecified atom stereocenters. The highest BCUT2D eigenvalue weighted by Gasteiger charge is 2.37. The van der Waals surface area contributed by atoms with Gasteiger partial charge in [0.2, 0.25) is 0 Å². The Balaban J connectivity index is 1.45. The van der Waals surface area contributed by atoms with E-state index in [2.05, 4.69) is 26.7 Å². The molecule has 48 heavy (non-hydrogen) atoms. The van der Waals surface area contributed by atoms with Crippen LogP contribution in [0.5, 0.6) is 0 Å². The van der Waals surface area contributed by atoms with Crippen molar-refractivity contribution in [1.29, 1.82) is 5.26 Å². The number of anilines is 1. The van der Waals surface area contributed by atoms with Crippen molar-refractivity contribution in [1.82, 2.24) is 20.0 Å². The summed E-state index contributed by atoms with van der Waals surface area (Å²) in [4.78, 5) is 27.8. The van der Waals surface area contributed by atoms with E-state index in [0.717, 1.165) is 23.1 Å². The highest BCUT2D eigenvalue weighted by Crippen LogP contribution is 2.38. The summed E-state index contributed by atoms with van der Waals surface area (Å²) in [5.74, 6) is -1.80. The lowest BCUT2D eigenvalue weighted by molar-refractivity contribution is -0.141. The molecule has 1 atom stereocenters. The summed E-state index contributed by atoms with van der Waals surface area (Å²) in [6, 6.07) is 20.0. The quantitative estimate of drug-likeness (QED) is 0.181. The van der Waals surface area contributed by atoms with Crippen molar-refractivity contribution in [3.05, 3.63) is 112 Å². The van der Waals surface area contributed by atoms with Gasteiger partial charge >= 0.3 is 12.3 Å². The Morgan fingerprint density at radius 2 is 1.73 bits per heavy atom. The zero-order valence-corrected chi connectivity index (χ0v) is 26.7. The van der Waals surface area contributed by atoms with Crippen LogP contribution in [0.2, 0.25) is 0 Å². The van der Waals surface area contributed by atoms with Crippen LogP contribution >= 0.6 is 0 Å². The maximum Gasteiger partial charge on any atom is 0.435 e. The van der Waals surface area contributed by atoms with Crippen molar-refractivity contribution in [2.45, 2.75) is 64.0 Å². The number of hydrogen-bond acceptors (Lipinski definition) is 6. The second kappa shape index (κ2) is 13.5. The summed E-state index contributed by atoms with van der Waals surface area (Å²) in [7, 11) is 1.94. The van der Waals surface area contributed by atoms with E-state index < -0.39 is 41.0 Å². The van der Waals surface area contributed by atoms with Crippen molar-refractivity contribution >= 4 is 17.7 Å². The molecule has 1 aliphatic carbocycles. The fraction of sp³-hybridized carbons (Fsp3) is 0.314. The number of alkyl halides is 3. The largest absolute Gasteiger partial charge is 0.444 e. The smallest absolute Gasteiger partial charge is 0.435 e. The van der Waals surface area contributed by atoms with Gasteiger partial charge in [-0.15, -0.1) is 0 Å². The second-order valence-corrected chi connectivity index (χ2v) is 12.6. The molecule has 13 heteroatoms. The molecule has 0 bridgehead atoms. The summed E-state index contributed by atoms with van der Waals surface area (Å²) >= 11 is 0. The number of carbonyl (C=O) groups is 2. The van der Waals surface area contributed by atoms with Crippen LogP contribution in [-0.4, -0.2) is 45.4 Å². The van der Waals surface area contributed by atoms with Gasteiger partial charge in [-0.2, -0.15) is 23.5 Å². The van der Waals surface area contributed by atoms with Crippen molar-refractivity contribution in [2.75, 3.05) is 12.4 Å². The van der Waals surface area contributed by atoms with Gasteiger partial charge in [-0.05, 0) is 93.7 Å². The summed E-state index contributed by atoms with van der Waals surface area (Å²) < 4.78 is 62.7. The zero-order valence-electron chi connectivity index (χ0n) is 26.7. The molecule has 1 saturated carbocycles. The molecule has 0 radical (unpaired) electrons. The average molecular weight is 663 g/mol. The number of rotatable bonds is 9. The normalized spacial score (nSPS) is 13.9. The maximum atomic E-state index is 15.2. The van der Waals surface area contributed by atoms with Crippen molar-refractivity contribution in [3.63, 3.8) is 0 Å². The molecular weight excluding hydrogens is 628 g/mol. The van der Waals surface area contributed by atoms with Crippen LogP contribution in [0.3, 0.4) is 0 Å². The van der Waals surface area contributed by atoms with Gasteiger partial charge in [0, 0.05) is 18.7 Å². The SMILES string of the molecule is CN(C1CC1)C(c1ccc(C#N)cc1)c1ccc(F)c(NC(=O)c2cc(C(F)(F)F)nn2-c2cccc(CNC(=O)OC(C)(C)C)c2)c1. The molecule has 1 heterocycles. The first-order chi connectivity index (χ1) is 22.6. The van der Waals surface area contributed by atoms with Crippen molar-refractivity contribution in [3.8, 4) is 11.8 Å². The Morgan fingerprint density at radius 3 is 2.35 bits per heavy atom. The van der Waals surface area contributed by atoms with E-state index in [4.69, 9.17) is 4.74 Å². The third kappa shape index (κ3) is 8.19. The van der Waals surface area contributed by atoms with Crippen LogP contribution in [0.25, 0.3) is 5.69 Å². The molecule has 2 N–H and O–H groups in total. The number of alkyl carbamates (subject to hydrolysis) is 1. The van der Waals surface area contributed by atoms with Crippen LogP contribution in [0.15, 0.2) is 72.8 Å². The molecule has 1 aromatic heterocycles. The first-order valence-corrected chi connectivity index (χ1v) is 15.2. The molecule has 2 amide bonds. The molecule has 250 valence electrons. The van der Waals surface area contributed by atoms with Gasteiger partial charge in [0.15, 0.2) is 5.69 Å². The predicted molar refractivity (Wildman–Crippen MR) is 170 cm³/mol. The summed E-state index contributed by atoms with van der Waals surface area (Å²) in [5.41, 5.74) is -0.166. The van der Waals surface area contributed by atoms with Crippen LogP contribution in [0.1, 0.15) is 78.1 Å². The third-order valence-electron chi connectivity index (χ3n) is 7.66. The standard InChI is InChI=1S/C35H34F4N6O3/c1-34(2,3)48-33(47)41-20-22-6-5-7-26(16-22)45-29(18-30(43-45)35(37,38)39)32(46)42-28-17-24(12-15-27(28)36)31(44(4)25-13-14-25)23-10-8-21(19-40)9-11-23/h5-12,15-18,25,31H,13-14,20H2,1-4H3,(H,41,47)(H,42,46). The van der Waals surface area contributed by atoms with E-state index in [-0.39, 0.29) is 24.0 Å². The number of aromatic nitrogens is 2. The van der Waals surface area contributed by atoms with Crippen LogP contribution in [-0.2, 0) is 17.5 Å². The Morgan fingerprint density at radius 1 is 1.04 bits per heavy atom. The number of carbonyl (C=O) groups excluding carboxylic acids is 2. The average Bonchev–Trinajstić information content (AvgIpc) is 3.77. The minimum atomic E-state index is -4.87. The van der Waals surface area contributed by atoms with Gasteiger partial charge in [-0.25, -0.2) is 13.9 Å². The molecule has 0 spiro atoms. The van der Waals surface area contributed by atoms with Gasteiger partial charge in [-0.1, -0.05) is 30.3 Å². The molecule has 9 nitrogen and oxygen atoms in total. The molecule has 3 aromatic carbocycles. The molecule has 4 aromatic rings.